The fourth-order valence-electron chi connectivity index (χ4n) is 1.62. The Balaban J connectivity index is 2.19. The summed E-state index contributed by atoms with van der Waals surface area (Å²) in [4.78, 5) is 11.2. The third-order valence-electron chi connectivity index (χ3n) is 2.52. The molecule has 1 unspecified atom stereocenters. The lowest BCUT2D eigenvalue weighted by molar-refractivity contribution is 0.0703. The van der Waals surface area contributed by atoms with Gasteiger partial charge in [0.2, 0.25) is 0 Å². The van der Waals surface area contributed by atoms with Crippen molar-refractivity contribution in [2.45, 2.75) is 19.4 Å². The molecule has 4 nitrogen and oxygen atoms in total. The third kappa shape index (κ3) is 2.17. The highest BCUT2D eigenvalue weighted by Crippen LogP contribution is 2.33. The molecule has 0 saturated carbocycles. The number of ketones is 1. The summed E-state index contributed by atoms with van der Waals surface area (Å²) < 4.78 is 11.1. The summed E-state index contributed by atoms with van der Waals surface area (Å²) in [7, 11) is 0. The first-order valence-corrected chi connectivity index (χ1v) is 5.26. The second-order valence-electron chi connectivity index (χ2n) is 3.78. The molecule has 1 atom stereocenters. The van der Waals surface area contributed by atoms with Crippen molar-refractivity contribution in [3.05, 3.63) is 23.8 Å². The van der Waals surface area contributed by atoms with Gasteiger partial charge in [-0.15, -0.1) is 0 Å². The van der Waals surface area contributed by atoms with Crippen LogP contribution in [0.2, 0.25) is 0 Å². The number of rotatable bonds is 3. The molecule has 0 saturated heterocycles. The van der Waals surface area contributed by atoms with Gasteiger partial charge in [-0.3, -0.25) is 4.79 Å². The van der Waals surface area contributed by atoms with E-state index < -0.39 is 0 Å². The number of carbonyl (C=O) groups excluding carboxylic acids is 1. The summed E-state index contributed by atoms with van der Waals surface area (Å²) in [5.74, 6) is 1.24. The SMILES string of the molecule is CC(=O)c1ccc2c(c1)OCC(CCO)O2. The fourth-order valence-corrected chi connectivity index (χ4v) is 1.62. The van der Waals surface area contributed by atoms with E-state index in [0.29, 0.717) is 30.1 Å². The minimum atomic E-state index is -0.110. The largest absolute Gasteiger partial charge is 0.486 e. The predicted molar refractivity (Wildman–Crippen MR) is 58.1 cm³/mol. The van der Waals surface area contributed by atoms with Crippen LogP contribution in [-0.2, 0) is 0 Å². The number of ether oxygens (including phenoxy) is 2. The van der Waals surface area contributed by atoms with Gasteiger partial charge >= 0.3 is 0 Å². The van der Waals surface area contributed by atoms with E-state index in [9.17, 15) is 4.79 Å². The monoisotopic (exact) mass is 222 g/mol. The Labute approximate surface area is 93.8 Å². The van der Waals surface area contributed by atoms with Gasteiger partial charge in [-0.05, 0) is 25.1 Å². The van der Waals surface area contributed by atoms with Crippen LogP contribution >= 0.6 is 0 Å². The minimum Gasteiger partial charge on any atom is -0.486 e. The quantitative estimate of drug-likeness (QED) is 0.786. The first-order chi connectivity index (χ1) is 7.70. The third-order valence-corrected chi connectivity index (χ3v) is 2.52. The molecule has 0 fully saturated rings. The number of hydrogen-bond donors (Lipinski definition) is 1. The number of fused-ring (bicyclic) bond motifs is 1. The molecule has 1 heterocycles. The molecule has 0 bridgehead atoms. The van der Waals surface area contributed by atoms with Crippen molar-refractivity contribution in [1.29, 1.82) is 0 Å². The zero-order valence-electron chi connectivity index (χ0n) is 9.10. The summed E-state index contributed by atoms with van der Waals surface area (Å²) in [6.07, 6.45) is 0.439. The number of Topliss-reactive ketones (excluding diaryl/α,β-unsaturated/α-hetero) is 1. The number of aliphatic hydroxyl groups is 1. The Kier molecular flexibility index (Phi) is 3.10. The minimum absolute atomic E-state index is 0.00359. The second-order valence-corrected chi connectivity index (χ2v) is 3.78. The average molecular weight is 222 g/mol. The standard InChI is InChI=1S/C12H14O4/c1-8(14)9-2-3-11-12(6-9)15-7-10(16-11)4-5-13/h2-3,6,10,13H,4-5,7H2,1H3. The van der Waals surface area contributed by atoms with Gasteiger partial charge in [-0.1, -0.05) is 0 Å². The number of carbonyl (C=O) groups is 1. The van der Waals surface area contributed by atoms with Crippen molar-refractivity contribution in [2.24, 2.45) is 0 Å². The van der Waals surface area contributed by atoms with E-state index in [-0.39, 0.29) is 18.5 Å². The molecule has 1 aromatic carbocycles. The van der Waals surface area contributed by atoms with Crippen LogP contribution in [0, 0.1) is 0 Å². The molecule has 16 heavy (non-hydrogen) atoms. The van der Waals surface area contributed by atoms with Gasteiger partial charge in [0, 0.05) is 18.6 Å². The molecule has 0 aliphatic carbocycles. The zero-order valence-corrected chi connectivity index (χ0v) is 9.10. The maximum atomic E-state index is 11.2. The molecule has 0 aromatic heterocycles. The average Bonchev–Trinajstić information content (AvgIpc) is 2.28. The normalized spacial score (nSPS) is 18.2. The molecule has 86 valence electrons. The summed E-state index contributed by atoms with van der Waals surface area (Å²) in [6.45, 7) is 2.00. The lowest BCUT2D eigenvalue weighted by Crippen LogP contribution is -2.30. The van der Waals surface area contributed by atoms with Gasteiger partial charge in [0.15, 0.2) is 17.3 Å². The van der Waals surface area contributed by atoms with E-state index in [0.717, 1.165) is 0 Å². The zero-order chi connectivity index (χ0) is 11.5. The van der Waals surface area contributed by atoms with E-state index in [1.54, 1.807) is 18.2 Å². The van der Waals surface area contributed by atoms with Gasteiger partial charge in [0.1, 0.15) is 12.7 Å². The highest BCUT2D eigenvalue weighted by molar-refractivity contribution is 5.94. The van der Waals surface area contributed by atoms with E-state index in [1.807, 2.05) is 0 Å². The van der Waals surface area contributed by atoms with Gasteiger partial charge < -0.3 is 14.6 Å². The lowest BCUT2D eigenvalue weighted by atomic mass is 10.1. The lowest BCUT2D eigenvalue weighted by Gasteiger charge is -2.26. The molecule has 1 N–H and O–H groups in total. The van der Waals surface area contributed by atoms with E-state index in [1.165, 1.54) is 6.92 Å². The topological polar surface area (TPSA) is 55.8 Å². The summed E-state index contributed by atoms with van der Waals surface area (Å²) in [5.41, 5.74) is 0.614. The molecular weight excluding hydrogens is 208 g/mol. The van der Waals surface area contributed by atoms with Gasteiger partial charge in [-0.25, -0.2) is 0 Å². The molecule has 0 radical (unpaired) electrons. The summed E-state index contributed by atoms with van der Waals surface area (Å²) in [5, 5.41) is 8.80. The molecule has 4 heteroatoms. The molecule has 1 aliphatic heterocycles. The maximum absolute atomic E-state index is 11.2. The summed E-state index contributed by atoms with van der Waals surface area (Å²) in [6, 6.07) is 5.13. The maximum Gasteiger partial charge on any atom is 0.162 e. The second kappa shape index (κ2) is 4.53. The van der Waals surface area contributed by atoms with Crippen LogP contribution in [0.5, 0.6) is 11.5 Å². The highest BCUT2D eigenvalue weighted by atomic mass is 16.6. The van der Waals surface area contributed by atoms with Crippen molar-refractivity contribution in [2.75, 3.05) is 13.2 Å². The van der Waals surface area contributed by atoms with E-state index >= 15 is 0 Å². The van der Waals surface area contributed by atoms with Gasteiger partial charge in [-0.2, -0.15) is 0 Å². The van der Waals surface area contributed by atoms with Crippen molar-refractivity contribution in [3.8, 4) is 11.5 Å². The summed E-state index contributed by atoms with van der Waals surface area (Å²) >= 11 is 0. The Hall–Kier alpha value is -1.55. The van der Waals surface area contributed by atoms with Crippen LogP contribution < -0.4 is 9.47 Å². The Morgan fingerprint density at radius 3 is 3.00 bits per heavy atom. The van der Waals surface area contributed by atoms with Crippen molar-refractivity contribution in [1.82, 2.24) is 0 Å². The van der Waals surface area contributed by atoms with Crippen LogP contribution in [0.1, 0.15) is 23.7 Å². The molecule has 0 amide bonds. The highest BCUT2D eigenvalue weighted by Gasteiger charge is 2.21. The van der Waals surface area contributed by atoms with Crippen LogP contribution in [-0.4, -0.2) is 30.2 Å². The molecule has 2 rings (SSSR count). The fraction of sp³-hybridized carbons (Fsp3) is 0.417. The Morgan fingerprint density at radius 2 is 2.31 bits per heavy atom. The molecule has 1 aliphatic rings. The Morgan fingerprint density at radius 1 is 1.50 bits per heavy atom. The van der Waals surface area contributed by atoms with Crippen LogP contribution in [0.25, 0.3) is 0 Å². The van der Waals surface area contributed by atoms with E-state index in [2.05, 4.69) is 0 Å². The van der Waals surface area contributed by atoms with Crippen LogP contribution in [0.3, 0.4) is 0 Å². The molecule has 0 spiro atoms. The van der Waals surface area contributed by atoms with Crippen molar-refractivity contribution >= 4 is 5.78 Å². The van der Waals surface area contributed by atoms with Crippen LogP contribution in [0.15, 0.2) is 18.2 Å². The molecular formula is C12H14O4. The van der Waals surface area contributed by atoms with Crippen molar-refractivity contribution < 1.29 is 19.4 Å². The van der Waals surface area contributed by atoms with Gasteiger partial charge in [0.25, 0.3) is 0 Å². The van der Waals surface area contributed by atoms with Crippen LogP contribution in [0.4, 0.5) is 0 Å². The van der Waals surface area contributed by atoms with Gasteiger partial charge in [0.05, 0.1) is 0 Å². The Bertz CT molecular complexity index is 400. The first-order valence-electron chi connectivity index (χ1n) is 5.26. The number of aliphatic hydroxyl groups excluding tert-OH is 1. The predicted octanol–water partition coefficient (Wildman–Crippen LogP) is 1.41. The number of hydrogen-bond acceptors (Lipinski definition) is 4. The van der Waals surface area contributed by atoms with E-state index in [4.69, 9.17) is 14.6 Å². The van der Waals surface area contributed by atoms with Crippen molar-refractivity contribution in [3.63, 3.8) is 0 Å². The first kappa shape index (κ1) is 11.0. The smallest absolute Gasteiger partial charge is 0.162 e. The number of benzene rings is 1. The molecule has 1 aromatic rings.